The summed E-state index contributed by atoms with van der Waals surface area (Å²) >= 11 is 1.39. The van der Waals surface area contributed by atoms with Crippen molar-refractivity contribution in [2.75, 3.05) is 47.4 Å². The number of amides is 5. The van der Waals surface area contributed by atoms with Crippen LogP contribution in [0.1, 0.15) is 83.7 Å². The minimum atomic E-state index is -1.43. The van der Waals surface area contributed by atoms with E-state index in [9.17, 15) is 24.0 Å². The van der Waals surface area contributed by atoms with E-state index in [0.717, 1.165) is 44.7 Å². The van der Waals surface area contributed by atoms with Crippen LogP contribution in [0.25, 0.3) is 33.4 Å². The molecule has 355 valence electrons. The lowest BCUT2D eigenvalue weighted by Gasteiger charge is -2.45. The first-order chi connectivity index (χ1) is 31.8. The molecule has 3 radical (unpaired) electrons. The summed E-state index contributed by atoms with van der Waals surface area (Å²) in [5.41, 5.74) is 9.10. The van der Waals surface area contributed by atoms with Crippen LogP contribution in [0, 0.1) is 23.2 Å². The highest BCUT2D eigenvalue weighted by atomic mass is 32.1. The molecule has 16 nitrogen and oxygen atoms in total. The molecule has 7 rings (SSSR count). The Balaban J connectivity index is 1.26. The molecule has 4 atom stereocenters. The Morgan fingerprint density at radius 2 is 1.90 bits per heavy atom. The van der Waals surface area contributed by atoms with Gasteiger partial charge < -0.3 is 34.1 Å². The number of carbonyl (C=O) groups is 5. The Hall–Kier alpha value is -5.61. The molecule has 4 aromatic rings. The molecule has 3 aliphatic rings. The van der Waals surface area contributed by atoms with Crippen molar-refractivity contribution >= 4 is 62.2 Å². The SMILES string of the molecule is CC#CC(=O)N1CC(N(C)C(=O)N(C)[C@H](C(=O)N[C@H]2Cc3nc(cs3)-c3ccc4c(c3)c(c(-c3cccnc3[C@H](C)OC)n4CC)CC(C)(C)COC(=O)[C@@]3([Si])CCCN(N3)C2=O)C(C)C)C1. The summed E-state index contributed by atoms with van der Waals surface area (Å²) in [4.78, 5) is 84.0. The van der Waals surface area contributed by atoms with Crippen molar-refractivity contribution in [2.24, 2.45) is 11.3 Å². The number of likely N-dealkylation sites (N-methyl/N-ethyl adjacent to an activating group) is 2. The molecular formula is C49H62N9O7SSi. The standard InChI is InChI=1S/C49H62N9O7SSi/c1-11-15-40(59)56-25-32(26-56)54(8)47(63)55(9)42(29(3)4)44(60)52-36-23-39-51-37(27-66-39)31-17-18-38-34(22-31)35(43(57(38)12-2)33-16-13-20-50-41(33)30(5)64-10)24-48(6,7)28-65-46(62)49(67)19-14-21-58(53-49)45(36)61/h13,16-18,20,22,27,29-30,32,36,42,53H,12,14,19,21,23-26,28H2,1-10H3,(H,52,60)/t30-,36-,42-,49-/m0/s1. The van der Waals surface area contributed by atoms with Gasteiger partial charge in [-0.25, -0.2) is 15.2 Å². The molecule has 67 heavy (non-hydrogen) atoms. The van der Waals surface area contributed by atoms with Crippen molar-refractivity contribution in [3.05, 3.63) is 58.2 Å². The molecule has 0 spiro atoms. The second kappa shape index (κ2) is 19.9. The van der Waals surface area contributed by atoms with E-state index in [4.69, 9.17) is 19.4 Å². The zero-order valence-electron chi connectivity index (χ0n) is 40.2. The summed E-state index contributed by atoms with van der Waals surface area (Å²) in [7, 11) is 8.61. The van der Waals surface area contributed by atoms with Crippen molar-refractivity contribution in [1.29, 1.82) is 0 Å². The van der Waals surface area contributed by atoms with E-state index in [1.807, 2.05) is 32.2 Å². The van der Waals surface area contributed by atoms with E-state index in [1.54, 1.807) is 39.2 Å². The van der Waals surface area contributed by atoms with E-state index >= 15 is 0 Å². The number of aryl methyl sites for hydroxylation is 1. The maximum absolute atomic E-state index is 14.7. The molecule has 2 saturated heterocycles. The summed E-state index contributed by atoms with van der Waals surface area (Å²) < 4.78 is 14.3. The van der Waals surface area contributed by atoms with Crippen molar-refractivity contribution in [3.8, 4) is 34.4 Å². The molecule has 3 aromatic heterocycles. The Morgan fingerprint density at radius 1 is 1.15 bits per heavy atom. The minimum Gasteiger partial charge on any atom is -0.464 e. The van der Waals surface area contributed by atoms with Crippen LogP contribution in [-0.2, 0) is 48.0 Å². The van der Waals surface area contributed by atoms with Crippen LogP contribution in [0.15, 0.2) is 41.9 Å². The summed E-state index contributed by atoms with van der Waals surface area (Å²) in [6, 6.07) is 7.62. The highest BCUT2D eigenvalue weighted by Crippen LogP contribution is 2.42. The predicted molar refractivity (Wildman–Crippen MR) is 257 cm³/mol. The third-order valence-corrected chi connectivity index (χ3v) is 14.6. The number of thiazole rings is 1. The van der Waals surface area contributed by atoms with E-state index in [-0.39, 0.29) is 43.5 Å². The Labute approximate surface area is 400 Å². The van der Waals surface area contributed by atoms with Gasteiger partial charge in [-0.05, 0) is 81.7 Å². The zero-order chi connectivity index (χ0) is 48.5. The number of rotatable bonds is 9. The fourth-order valence-corrected chi connectivity index (χ4v) is 10.6. The van der Waals surface area contributed by atoms with Gasteiger partial charge >= 0.3 is 12.0 Å². The number of cyclic esters (lactones) is 1. The molecule has 3 aliphatic heterocycles. The lowest BCUT2D eigenvalue weighted by Crippen LogP contribution is -2.68. The van der Waals surface area contributed by atoms with E-state index in [0.29, 0.717) is 43.9 Å². The monoisotopic (exact) mass is 948 g/mol. The van der Waals surface area contributed by atoms with Crippen LogP contribution < -0.4 is 10.7 Å². The van der Waals surface area contributed by atoms with Gasteiger partial charge in [0.2, 0.25) is 5.91 Å². The van der Waals surface area contributed by atoms with Crippen molar-refractivity contribution in [2.45, 2.75) is 110 Å². The Kier molecular flexibility index (Phi) is 14.7. The van der Waals surface area contributed by atoms with Gasteiger partial charge in [-0.15, -0.1) is 11.3 Å². The molecule has 1 aromatic carbocycles. The quantitative estimate of drug-likeness (QED) is 0.133. The fraction of sp³-hybridized carbons (Fsp3) is 0.531. The number of carbonyl (C=O) groups excluding carboxylic acids is 5. The van der Waals surface area contributed by atoms with Gasteiger partial charge in [0.25, 0.3) is 11.8 Å². The average Bonchev–Trinajstić information content (AvgIpc) is 3.87. The maximum atomic E-state index is 14.7. The molecule has 18 heteroatoms. The molecule has 2 fully saturated rings. The number of hydrogen-bond donors (Lipinski definition) is 2. The van der Waals surface area contributed by atoms with Gasteiger partial charge in [0.15, 0.2) is 0 Å². The number of likely N-dealkylation sites (tertiary alicyclic amines) is 1. The summed E-state index contributed by atoms with van der Waals surface area (Å²) in [6.45, 7) is 15.2. The highest BCUT2D eigenvalue weighted by Gasteiger charge is 2.44. The maximum Gasteiger partial charge on any atom is 0.323 e. The molecule has 6 heterocycles. The first-order valence-electron chi connectivity index (χ1n) is 22.9. The molecule has 6 bridgehead atoms. The lowest BCUT2D eigenvalue weighted by molar-refractivity contribution is -0.158. The number of urea groups is 1. The highest BCUT2D eigenvalue weighted by molar-refractivity contribution is 7.10. The summed E-state index contributed by atoms with van der Waals surface area (Å²) in [6.07, 6.45) is 2.91. The molecular weight excluding hydrogens is 887 g/mol. The minimum absolute atomic E-state index is 0.0427. The third kappa shape index (κ3) is 10.0. The second-order valence-corrected chi connectivity index (χ2v) is 20.8. The smallest absolute Gasteiger partial charge is 0.323 e. The molecule has 5 amide bonds. The predicted octanol–water partition coefficient (Wildman–Crippen LogP) is 4.94. The Bertz CT molecular complexity index is 2610. The lowest BCUT2D eigenvalue weighted by atomic mass is 9.84. The number of aromatic nitrogens is 3. The van der Waals surface area contributed by atoms with Crippen molar-refractivity contribution in [3.63, 3.8) is 0 Å². The second-order valence-electron chi connectivity index (χ2n) is 19.0. The largest absolute Gasteiger partial charge is 0.464 e. The number of benzene rings is 1. The van der Waals surface area contributed by atoms with Crippen molar-refractivity contribution < 1.29 is 33.4 Å². The van der Waals surface area contributed by atoms with Crippen molar-refractivity contribution in [1.82, 2.24) is 45.0 Å². The summed E-state index contributed by atoms with van der Waals surface area (Å²) in [5.74, 6) is 2.94. The first kappa shape index (κ1) is 49.3. The van der Waals surface area contributed by atoms with Gasteiger partial charge in [-0.2, -0.15) is 0 Å². The zero-order valence-corrected chi connectivity index (χ0v) is 42.0. The van der Waals surface area contributed by atoms with Gasteiger partial charge in [-0.3, -0.25) is 29.2 Å². The van der Waals surface area contributed by atoms with E-state index in [2.05, 4.69) is 82.4 Å². The number of methoxy groups -OCH3 is 1. The van der Waals surface area contributed by atoms with Crippen LogP contribution in [0.4, 0.5) is 4.79 Å². The average molecular weight is 949 g/mol. The van der Waals surface area contributed by atoms with Crippen LogP contribution in [0.5, 0.6) is 0 Å². The number of ether oxygens (including phenoxy) is 2. The number of nitrogens with one attached hydrogen (secondary N) is 2. The first-order valence-corrected chi connectivity index (χ1v) is 24.3. The fourth-order valence-electron chi connectivity index (χ4n) is 9.38. The van der Waals surface area contributed by atoms with E-state index in [1.165, 1.54) is 26.1 Å². The molecule has 0 saturated carbocycles. The normalized spacial score (nSPS) is 20.8. The number of pyridine rings is 1. The number of fused-ring (bicyclic) bond motifs is 6. The van der Waals surface area contributed by atoms with Gasteiger partial charge in [0, 0.05) is 92.8 Å². The molecule has 0 unspecified atom stereocenters. The third-order valence-electron chi connectivity index (χ3n) is 13.1. The Morgan fingerprint density at radius 3 is 2.58 bits per heavy atom. The van der Waals surface area contributed by atoms with Crippen LogP contribution in [-0.4, -0.2) is 145 Å². The van der Waals surface area contributed by atoms with Gasteiger partial charge in [0.1, 0.15) is 17.2 Å². The van der Waals surface area contributed by atoms with Gasteiger partial charge in [0.05, 0.1) is 51.1 Å². The van der Waals surface area contributed by atoms with Crippen LogP contribution in [0.2, 0.25) is 0 Å². The van der Waals surface area contributed by atoms with Crippen LogP contribution >= 0.6 is 11.3 Å². The molecule has 0 aliphatic carbocycles. The number of hydrazine groups is 1. The number of nitrogens with zero attached hydrogens (tertiary/aromatic N) is 7. The van der Waals surface area contributed by atoms with E-state index < -0.39 is 46.5 Å². The van der Waals surface area contributed by atoms with Gasteiger partial charge in [-0.1, -0.05) is 39.7 Å². The summed E-state index contributed by atoms with van der Waals surface area (Å²) in [5, 5.41) is 6.56. The number of hydrogen-bond acceptors (Lipinski definition) is 11. The topological polar surface area (TPSA) is 172 Å². The molecule has 2 N–H and O–H groups in total. The number of esters is 1. The van der Waals surface area contributed by atoms with Crippen LogP contribution in [0.3, 0.4) is 0 Å².